The second-order valence-corrected chi connectivity index (χ2v) is 3.92. The Balaban J connectivity index is 2.96. The maximum Gasteiger partial charge on any atom is 0.129 e. The zero-order valence-corrected chi connectivity index (χ0v) is 10.5. The van der Waals surface area contributed by atoms with Crippen LogP contribution in [0.2, 0.25) is 0 Å². The molecular formula is C13H21FN2O. The van der Waals surface area contributed by atoms with E-state index in [0.717, 1.165) is 18.8 Å². The standard InChI is InChI=1S/C13H21FN2O/c1-3-16(8-5-9-17)13-7-4-6-12(14)11(13)10-15-2/h4,6-7,15,17H,3,5,8-10H2,1-2H3. The molecule has 0 spiro atoms. The summed E-state index contributed by atoms with van der Waals surface area (Å²) < 4.78 is 13.7. The van der Waals surface area contributed by atoms with E-state index in [1.54, 1.807) is 13.1 Å². The van der Waals surface area contributed by atoms with Crippen molar-refractivity contribution in [3.8, 4) is 0 Å². The fourth-order valence-electron chi connectivity index (χ4n) is 1.91. The van der Waals surface area contributed by atoms with Gasteiger partial charge in [-0.25, -0.2) is 4.39 Å². The molecule has 4 heteroatoms. The third-order valence-electron chi connectivity index (χ3n) is 2.76. The summed E-state index contributed by atoms with van der Waals surface area (Å²) in [5, 5.41) is 11.9. The molecule has 0 aromatic heterocycles. The number of aliphatic hydroxyl groups is 1. The smallest absolute Gasteiger partial charge is 0.129 e. The van der Waals surface area contributed by atoms with Crippen molar-refractivity contribution in [1.82, 2.24) is 5.32 Å². The van der Waals surface area contributed by atoms with E-state index in [-0.39, 0.29) is 12.4 Å². The van der Waals surface area contributed by atoms with Gasteiger partial charge < -0.3 is 15.3 Å². The minimum absolute atomic E-state index is 0.160. The van der Waals surface area contributed by atoms with Crippen LogP contribution in [0.1, 0.15) is 18.9 Å². The van der Waals surface area contributed by atoms with E-state index in [9.17, 15) is 4.39 Å². The number of benzene rings is 1. The summed E-state index contributed by atoms with van der Waals surface area (Å²) in [5.74, 6) is -0.181. The molecule has 0 radical (unpaired) electrons. The van der Waals surface area contributed by atoms with Crippen LogP contribution in [-0.2, 0) is 6.54 Å². The zero-order valence-electron chi connectivity index (χ0n) is 10.5. The zero-order chi connectivity index (χ0) is 12.7. The molecule has 96 valence electrons. The predicted octanol–water partition coefficient (Wildman–Crippen LogP) is 1.75. The number of hydrogen-bond donors (Lipinski definition) is 2. The molecule has 0 heterocycles. The topological polar surface area (TPSA) is 35.5 Å². The van der Waals surface area contributed by atoms with E-state index in [1.807, 2.05) is 13.0 Å². The predicted molar refractivity (Wildman–Crippen MR) is 68.8 cm³/mol. The number of rotatable bonds is 7. The molecule has 0 aliphatic rings. The van der Waals surface area contributed by atoms with Crippen molar-refractivity contribution in [3.63, 3.8) is 0 Å². The summed E-state index contributed by atoms with van der Waals surface area (Å²) in [5.41, 5.74) is 1.60. The van der Waals surface area contributed by atoms with E-state index in [4.69, 9.17) is 5.11 Å². The highest BCUT2D eigenvalue weighted by Gasteiger charge is 2.12. The lowest BCUT2D eigenvalue weighted by molar-refractivity contribution is 0.289. The van der Waals surface area contributed by atoms with Gasteiger partial charge in [0, 0.05) is 37.5 Å². The molecule has 2 N–H and O–H groups in total. The van der Waals surface area contributed by atoms with Crippen molar-refractivity contribution in [1.29, 1.82) is 0 Å². The lowest BCUT2D eigenvalue weighted by Gasteiger charge is -2.25. The van der Waals surface area contributed by atoms with Gasteiger partial charge in [0.1, 0.15) is 5.82 Å². The maximum absolute atomic E-state index is 13.7. The molecule has 1 aromatic carbocycles. The van der Waals surface area contributed by atoms with Crippen molar-refractivity contribution >= 4 is 5.69 Å². The first-order valence-corrected chi connectivity index (χ1v) is 6.02. The lowest BCUT2D eigenvalue weighted by atomic mass is 10.1. The Morgan fingerprint density at radius 1 is 1.41 bits per heavy atom. The highest BCUT2D eigenvalue weighted by molar-refractivity contribution is 5.54. The number of anilines is 1. The van der Waals surface area contributed by atoms with Crippen LogP contribution in [0.3, 0.4) is 0 Å². The Kier molecular flexibility index (Phi) is 5.94. The number of nitrogens with one attached hydrogen (secondary N) is 1. The van der Waals surface area contributed by atoms with Gasteiger partial charge in [0.25, 0.3) is 0 Å². The van der Waals surface area contributed by atoms with Gasteiger partial charge in [-0.2, -0.15) is 0 Å². The highest BCUT2D eigenvalue weighted by Crippen LogP contribution is 2.23. The fourth-order valence-corrected chi connectivity index (χ4v) is 1.91. The van der Waals surface area contributed by atoms with E-state index in [1.165, 1.54) is 6.07 Å². The first-order chi connectivity index (χ1) is 8.24. The van der Waals surface area contributed by atoms with Crippen LogP contribution in [0.25, 0.3) is 0 Å². The molecule has 0 aliphatic heterocycles. The normalized spacial score (nSPS) is 10.6. The van der Waals surface area contributed by atoms with Crippen LogP contribution in [0, 0.1) is 5.82 Å². The molecule has 0 saturated heterocycles. The summed E-state index contributed by atoms with van der Waals surface area (Å²) in [7, 11) is 1.81. The van der Waals surface area contributed by atoms with Crippen LogP contribution < -0.4 is 10.2 Å². The van der Waals surface area contributed by atoms with Crippen LogP contribution in [0.15, 0.2) is 18.2 Å². The summed E-state index contributed by atoms with van der Waals surface area (Å²) >= 11 is 0. The Bertz CT molecular complexity index is 344. The molecular weight excluding hydrogens is 219 g/mol. The number of aliphatic hydroxyl groups excluding tert-OH is 1. The van der Waals surface area contributed by atoms with Crippen LogP contribution in [0.4, 0.5) is 10.1 Å². The SMILES string of the molecule is CCN(CCCO)c1cccc(F)c1CNC. The molecule has 3 nitrogen and oxygen atoms in total. The maximum atomic E-state index is 13.7. The minimum atomic E-state index is -0.181. The second kappa shape index (κ2) is 7.25. The summed E-state index contributed by atoms with van der Waals surface area (Å²) in [6.07, 6.45) is 0.698. The summed E-state index contributed by atoms with van der Waals surface area (Å²) in [4.78, 5) is 2.09. The third-order valence-corrected chi connectivity index (χ3v) is 2.76. The second-order valence-electron chi connectivity index (χ2n) is 3.92. The molecule has 0 bridgehead atoms. The van der Waals surface area contributed by atoms with Crippen LogP contribution >= 0.6 is 0 Å². The van der Waals surface area contributed by atoms with Gasteiger partial charge in [0.2, 0.25) is 0 Å². The molecule has 0 amide bonds. The molecule has 0 fully saturated rings. The number of hydrogen-bond acceptors (Lipinski definition) is 3. The van der Waals surface area contributed by atoms with Crippen molar-refractivity contribution in [2.75, 3.05) is 31.6 Å². The minimum Gasteiger partial charge on any atom is -0.396 e. The highest BCUT2D eigenvalue weighted by atomic mass is 19.1. The number of halogens is 1. The quantitative estimate of drug-likeness (QED) is 0.762. The lowest BCUT2D eigenvalue weighted by Crippen LogP contribution is -2.27. The van der Waals surface area contributed by atoms with Gasteiger partial charge in [-0.05, 0) is 32.5 Å². The van der Waals surface area contributed by atoms with Crippen molar-refractivity contribution in [2.45, 2.75) is 19.9 Å². The molecule has 0 unspecified atom stereocenters. The Morgan fingerprint density at radius 2 is 2.18 bits per heavy atom. The van der Waals surface area contributed by atoms with Gasteiger partial charge >= 0.3 is 0 Å². The van der Waals surface area contributed by atoms with Gasteiger partial charge in [0.15, 0.2) is 0 Å². The van der Waals surface area contributed by atoms with Gasteiger partial charge in [-0.1, -0.05) is 6.07 Å². The average Bonchev–Trinajstić information content (AvgIpc) is 2.34. The van der Waals surface area contributed by atoms with Gasteiger partial charge in [-0.3, -0.25) is 0 Å². The third kappa shape index (κ3) is 3.68. The fraction of sp³-hybridized carbons (Fsp3) is 0.538. The Labute approximate surface area is 102 Å². The molecule has 1 rings (SSSR count). The van der Waals surface area contributed by atoms with Gasteiger partial charge in [-0.15, -0.1) is 0 Å². The first-order valence-electron chi connectivity index (χ1n) is 6.02. The Morgan fingerprint density at radius 3 is 2.76 bits per heavy atom. The van der Waals surface area contributed by atoms with E-state index >= 15 is 0 Å². The van der Waals surface area contributed by atoms with E-state index in [2.05, 4.69) is 10.2 Å². The molecule has 17 heavy (non-hydrogen) atoms. The van der Waals surface area contributed by atoms with E-state index < -0.39 is 0 Å². The average molecular weight is 240 g/mol. The van der Waals surface area contributed by atoms with Crippen molar-refractivity contribution in [3.05, 3.63) is 29.6 Å². The van der Waals surface area contributed by atoms with Crippen molar-refractivity contribution in [2.24, 2.45) is 0 Å². The van der Waals surface area contributed by atoms with Crippen LogP contribution in [-0.4, -0.2) is 31.9 Å². The summed E-state index contributed by atoms with van der Waals surface area (Å²) in [6.45, 7) is 4.25. The summed E-state index contributed by atoms with van der Waals surface area (Å²) in [6, 6.07) is 5.14. The Hall–Kier alpha value is -1.13. The molecule has 0 atom stereocenters. The molecule has 1 aromatic rings. The molecule has 0 aliphatic carbocycles. The monoisotopic (exact) mass is 240 g/mol. The van der Waals surface area contributed by atoms with E-state index in [0.29, 0.717) is 18.5 Å². The van der Waals surface area contributed by atoms with Gasteiger partial charge in [0.05, 0.1) is 0 Å². The first kappa shape index (κ1) is 13.9. The molecule has 0 saturated carbocycles. The van der Waals surface area contributed by atoms with Crippen LogP contribution in [0.5, 0.6) is 0 Å². The van der Waals surface area contributed by atoms with Crippen molar-refractivity contribution < 1.29 is 9.50 Å². The largest absolute Gasteiger partial charge is 0.396 e. The number of nitrogens with zero attached hydrogens (tertiary/aromatic N) is 1.